The Labute approximate surface area is 127 Å². The van der Waals surface area contributed by atoms with Crippen LogP contribution < -0.4 is 5.32 Å². The van der Waals surface area contributed by atoms with Gasteiger partial charge in [0.05, 0.1) is 0 Å². The number of nitrogens with one attached hydrogen (secondary N) is 1. The van der Waals surface area contributed by atoms with Crippen LogP contribution in [0.1, 0.15) is 25.8 Å². The predicted octanol–water partition coefficient (Wildman–Crippen LogP) is 1.41. The molecule has 5 nitrogen and oxygen atoms in total. The van der Waals surface area contributed by atoms with Gasteiger partial charge in [0.1, 0.15) is 5.75 Å². The standard InChI is InChI=1S/C15H24N2O3S/c1-3-17(4-2)21(19,20)13-15(18)16-12-8-11-14-9-6-5-7-10-14/h5-7,9-10H,3-4,8,11-13H2,1-2H3,(H,16,18). The molecule has 0 saturated heterocycles. The van der Waals surface area contributed by atoms with Crippen LogP contribution >= 0.6 is 0 Å². The van der Waals surface area contributed by atoms with Crippen molar-refractivity contribution in [3.63, 3.8) is 0 Å². The van der Waals surface area contributed by atoms with Crippen LogP contribution in [0.2, 0.25) is 0 Å². The average molecular weight is 312 g/mol. The summed E-state index contributed by atoms with van der Waals surface area (Å²) in [7, 11) is -3.49. The molecule has 0 atom stereocenters. The second-order valence-corrected chi connectivity index (χ2v) is 6.75. The lowest BCUT2D eigenvalue weighted by atomic mass is 10.1. The van der Waals surface area contributed by atoms with Crippen molar-refractivity contribution in [1.82, 2.24) is 9.62 Å². The quantitative estimate of drug-likeness (QED) is 0.701. The Bertz CT molecular complexity index is 525. The van der Waals surface area contributed by atoms with Gasteiger partial charge in [0.2, 0.25) is 15.9 Å². The van der Waals surface area contributed by atoms with Crippen molar-refractivity contribution in [1.29, 1.82) is 0 Å². The van der Waals surface area contributed by atoms with Crippen molar-refractivity contribution in [3.05, 3.63) is 35.9 Å². The zero-order valence-corrected chi connectivity index (χ0v) is 13.5. The minimum Gasteiger partial charge on any atom is -0.355 e. The first kappa shape index (κ1) is 17.7. The molecular formula is C15H24N2O3S. The average Bonchev–Trinajstić information content (AvgIpc) is 2.45. The minimum absolute atomic E-state index is 0.389. The molecule has 0 saturated carbocycles. The number of hydrogen-bond acceptors (Lipinski definition) is 3. The summed E-state index contributed by atoms with van der Waals surface area (Å²) >= 11 is 0. The fraction of sp³-hybridized carbons (Fsp3) is 0.533. The number of nitrogens with zero attached hydrogens (tertiary/aromatic N) is 1. The molecule has 1 aromatic rings. The third-order valence-electron chi connectivity index (χ3n) is 3.22. The molecule has 6 heteroatoms. The molecule has 0 unspecified atom stereocenters. The molecule has 21 heavy (non-hydrogen) atoms. The Morgan fingerprint density at radius 2 is 1.76 bits per heavy atom. The van der Waals surface area contributed by atoms with E-state index in [0.717, 1.165) is 12.8 Å². The summed E-state index contributed by atoms with van der Waals surface area (Å²) < 4.78 is 25.1. The van der Waals surface area contributed by atoms with Crippen LogP contribution in [0.5, 0.6) is 0 Å². The Morgan fingerprint density at radius 1 is 1.14 bits per heavy atom. The van der Waals surface area contributed by atoms with E-state index < -0.39 is 21.7 Å². The molecule has 1 rings (SSSR count). The van der Waals surface area contributed by atoms with Crippen molar-refractivity contribution in [2.24, 2.45) is 0 Å². The van der Waals surface area contributed by atoms with Crippen molar-refractivity contribution < 1.29 is 13.2 Å². The van der Waals surface area contributed by atoms with Gasteiger partial charge in [-0.3, -0.25) is 4.79 Å². The van der Waals surface area contributed by atoms with E-state index in [2.05, 4.69) is 5.32 Å². The van der Waals surface area contributed by atoms with Crippen LogP contribution in [0.25, 0.3) is 0 Å². The maximum Gasteiger partial charge on any atom is 0.236 e. The lowest BCUT2D eigenvalue weighted by Gasteiger charge is -2.17. The lowest BCUT2D eigenvalue weighted by molar-refractivity contribution is -0.118. The number of benzene rings is 1. The van der Waals surface area contributed by atoms with E-state index in [0.29, 0.717) is 19.6 Å². The Hall–Kier alpha value is -1.40. The number of amides is 1. The Balaban J connectivity index is 2.31. The summed E-state index contributed by atoms with van der Waals surface area (Å²) in [6.07, 6.45) is 1.66. The molecule has 0 spiro atoms. The van der Waals surface area contributed by atoms with Gasteiger partial charge in [-0.05, 0) is 18.4 Å². The normalized spacial score (nSPS) is 11.6. The first-order chi connectivity index (χ1) is 9.99. The smallest absolute Gasteiger partial charge is 0.236 e. The maximum absolute atomic E-state index is 11.9. The van der Waals surface area contributed by atoms with Crippen LogP contribution in [0, 0.1) is 0 Å². The molecule has 0 aromatic heterocycles. The fourth-order valence-electron chi connectivity index (χ4n) is 2.09. The molecule has 0 aliphatic carbocycles. The number of hydrogen-bond donors (Lipinski definition) is 1. The van der Waals surface area contributed by atoms with Crippen LogP contribution in [0.3, 0.4) is 0 Å². The second kappa shape index (κ2) is 8.79. The third kappa shape index (κ3) is 6.27. The molecule has 1 aromatic carbocycles. The zero-order chi connectivity index (χ0) is 15.7. The minimum atomic E-state index is -3.49. The van der Waals surface area contributed by atoms with E-state index in [-0.39, 0.29) is 0 Å². The predicted molar refractivity (Wildman–Crippen MR) is 84.5 cm³/mol. The highest BCUT2D eigenvalue weighted by Gasteiger charge is 2.22. The van der Waals surface area contributed by atoms with Crippen molar-refractivity contribution >= 4 is 15.9 Å². The molecule has 0 fully saturated rings. The van der Waals surface area contributed by atoms with E-state index in [1.165, 1.54) is 9.87 Å². The molecule has 0 aliphatic heterocycles. The molecule has 0 heterocycles. The van der Waals surface area contributed by atoms with Gasteiger partial charge in [0.25, 0.3) is 0 Å². The van der Waals surface area contributed by atoms with Gasteiger partial charge in [-0.2, -0.15) is 0 Å². The topological polar surface area (TPSA) is 66.5 Å². The van der Waals surface area contributed by atoms with Gasteiger partial charge < -0.3 is 5.32 Å². The largest absolute Gasteiger partial charge is 0.355 e. The van der Waals surface area contributed by atoms with E-state index in [9.17, 15) is 13.2 Å². The van der Waals surface area contributed by atoms with E-state index in [1.54, 1.807) is 13.8 Å². The molecule has 1 N–H and O–H groups in total. The highest BCUT2D eigenvalue weighted by Crippen LogP contribution is 2.02. The van der Waals surface area contributed by atoms with Crippen molar-refractivity contribution in [2.45, 2.75) is 26.7 Å². The Morgan fingerprint density at radius 3 is 2.33 bits per heavy atom. The number of sulfonamides is 1. The summed E-state index contributed by atoms with van der Waals surface area (Å²) in [5.41, 5.74) is 1.21. The van der Waals surface area contributed by atoms with Gasteiger partial charge in [-0.25, -0.2) is 12.7 Å². The van der Waals surface area contributed by atoms with Crippen LogP contribution in [0.4, 0.5) is 0 Å². The molecule has 0 radical (unpaired) electrons. The fourth-order valence-corrected chi connectivity index (χ4v) is 3.49. The van der Waals surface area contributed by atoms with Crippen LogP contribution in [-0.4, -0.2) is 44.0 Å². The van der Waals surface area contributed by atoms with Gasteiger partial charge in [0, 0.05) is 19.6 Å². The summed E-state index contributed by atoms with van der Waals surface area (Å²) in [6.45, 7) is 4.79. The number of carbonyl (C=O) groups is 1. The summed E-state index contributed by atoms with van der Waals surface area (Å²) in [6, 6.07) is 9.98. The number of carbonyl (C=O) groups excluding carboxylic acids is 1. The molecule has 118 valence electrons. The first-order valence-electron chi connectivity index (χ1n) is 7.28. The molecule has 0 bridgehead atoms. The highest BCUT2D eigenvalue weighted by atomic mass is 32.2. The molecule has 1 amide bonds. The van der Waals surface area contributed by atoms with E-state index in [4.69, 9.17) is 0 Å². The lowest BCUT2D eigenvalue weighted by Crippen LogP contribution is -2.39. The Kier molecular flexibility index (Phi) is 7.39. The number of rotatable bonds is 9. The van der Waals surface area contributed by atoms with Gasteiger partial charge in [-0.1, -0.05) is 44.2 Å². The molecule has 0 aliphatic rings. The van der Waals surface area contributed by atoms with E-state index in [1.807, 2.05) is 30.3 Å². The van der Waals surface area contributed by atoms with Gasteiger partial charge in [0.15, 0.2) is 0 Å². The third-order valence-corrected chi connectivity index (χ3v) is 5.15. The highest BCUT2D eigenvalue weighted by molar-refractivity contribution is 7.89. The summed E-state index contributed by atoms with van der Waals surface area (Å²) in [4.78, 5) is 11.7. The van der Waals surface area contributed by atoms with Gasteiger partial charge >= 0.3 is 0 Å². The first-order valence-corrected chi connectivity index (χ1v) is 8.89. The summed E-state index contributed by atoms with van der Waals surface area (Å²) in [5.74, 6) is -0.907. The van der Waals surface area contributed by atoms with E-state index >= 15 is 0 Å². The SMILES string of the molecule is CCN(CC)S(=O)(=O)CC(=O)NCCCc1ccccc1. The van der Waals surface area contributed by atoms with Crippen molar-refractivity contribution in [3.8, 4) is 0 Å². The van der Waals surface area contributed by atoms with Crippen LogP contribution in [0.15, 0.2) is 30.3 Å². The number of aryl methyl sites for hydroxylation is 1. The van der Waals surface area contributed by atoms with Crippen LogP contribution in [-0.2, 0) is 21.2 Å². The van der Waals surface area contributed by atoms with Crippen molar-refractivity contribution in [2.75, 3.05) is 25.4 Å². The monoisotopic (exact) mass is 312 g/mol. The molecular weight excluding hydrogens is 288 g/mol. The summed E-state index contributed by atoms with van der Waals surface area (Å²) in [5, 5.41) is 2.67. The van der Waals surface area contributed by atoms with Gasteiger partial charge in [-0.15, -0.1) is 0 Å². The second-order valence-electron chi connectivity index (χ2n) is 4.78. The zero-order valence-electron chi connectivity index (χ0n) is 12.7. The maximum atomic E-state index is 11.9.